The quantitative estimate of drug-likeness (QED) is 0.762. The van der Waals surface area contributed by atoms with Crippen molar-refractivity contribution in [1.29, 1.82) is 0 Å². The Kier molecular flexibility index (Phi) is 5.91. The lowest BCUT2D eigenvalue weighted by molar-refractivity contribution is -0.121. The van der Waals surface area contributed by atoms with Crippen LogP contribution < -0.4 is 10.6 Å². The normalized spacial score (nSPS) is 18.2. The van der Waals surface area contributed by atoms with Gasteiger partial charge in [-0.15, -0.1) is 11.3 Å². The molecule has 1 fully saturated rings. The average molecular weight is 410 g/mol. The number of rotatable bonds is 6. The predicted octanol–water partition coefficient (Wildman–Crippen LogP) is 1.98. The van der Waals surface area contributed by atoms with Crippen LogP contribution in [0.5, 0.6) is 0 Å². The molecule has 2 aromatic rings. The van der Waals surface area contributed by atoms with Gasteiger partial charge in [-0.3, -0.25) is 9.59 Å². The highest BCUT2D eigenvalue weighted by atomic mass is 32.2. The Balaban J connectivity index is 1.47. The molecule has 2 amide bonds. The summed E-state index contributed by atoms with van der Waals surface area (Å²) in [5, 5.41) is 5.32. The fraction of sp³-hybridized carbons (Fsp3) is 0.333. The minimum atomic E-state index is -3.04. The number of sulfone groups is 1. The van der Waals surface area contributed by atoms with Crippen molar-refractivity contribution in [3.63, 3.8) is 0 Å². The Hall–Kier alpha value is -2.26. The van der Waals surface area contributed by atoms with E-state index in [2.05, 4.69) is 10.6 Å². The van der Waals surface area contributed by atoms with Gasteiger partial charge in [0, 0.05) is 29.4 Å². The summed E-state index contributed by atoms with van der Waals surface area (Å²) < 4.78 is 36.6. The van der Waals surface area contributed by atoms with Gasteiger partial charge in [0.1, 0.15) is 5.82 Å². The van der Waals surface area contributed by atoms with Crippen molar-refractivity contribution >= 4 is 33.0 Å². The molecule has 6 nitrogen and oxygen atoms in total. The maximum absolute atomic E-state index is 13.8. The highest BCUT2D eigenvalue weighted by Crippen LogP contribution is 2.29. The molecule has 0 aliphatic carbocycles. The van der Waals surface area contributed by atoms with Gasteiger partial charge in [-0.25, -0.2) is 12.8 Å². The minimum absolute atomic E-state index is 0.0287. The topological polar surface area (TPSA) is 92.3 Å². The molecule has 3 rings (SSSR count). The molecule has 0 spiro atoms. The van der Waals surface area contributed by atoms with E-state index >= 15 is 0 Å². The van der Waals surface area contributed by atoms with Crippen LogP contribution in [0.4, 0.5) is 4.39 Å². The number of halogens is 1. The number of hydrogen-bond donors (Lipinski definition) is 2. The molecule has 0 saturated carbocycles. The van der Waals surface area contributed by atoms with Crippen LogP contribution in [-0.4, -0.2) is 44.3 Å². The lowest BCUT2D eigenvalue weighted by atomic mass is 10.2. The Morgan fingerprint density at radius 3 is 2.67 bits per heavy atom. The van der Waals surface area contributed by atoms with Gasteiger partial charge in [0.15, 0.2) is 9.84 Å². The first-order chi connectivity index (χ1) is 12.8. The summed E-state index contributed by atoms with van der Waals surface area (Å²) >= 11 is 1.17. The maximum Gasteiger partial charge on any atom is 0.261 e. The summed E-state index contributed by atoms with van der Waals surface area (Å²) in [5.74, 6) is -0.914. The second kappa shape index (κ2) is 8.18. The third-order valence-corrected chi connectivity index (χ3v) is 7.09. The molecular formula is C18H19FN2O4S2. The molecule has 27 heavy (non-hydrogen) atoms. The monoisotopic (exact) mass is 410 g/mol. The maximum atomic E-state index is 13.8. The van der Waals surface area contributed by atoms with Crippen LogP contribution in [0.2, 0.25) is 0 Å². The van der Waals surface area contributed by atoms with Gasteiger partial charge < -0.3 is 10.6 Å². The molecule has 2 heterocycles. The van der Waals surface area contributed by atoms with Crippen molar-refractivity contribution in [2.45, 2.75) is 18.9 Å². The smallest absolute Gasteiger partial charge is 0.261 e. The van der Waals surface area contributed by atoms with Crippen molar-refractivity contribution in [3.8, 4) is 10.4 Å². The van der Waals surface area contributed by atoms with E-state index in [1.165, 1.54) is 17.4 Å². The molecule has 144 valence electrons. The molecule has 0 bridgehead atoms. The molecule has 1 aliphatic rings. The Morgan fingerprint density at radius 2 is 1.96 bits per heavy atom. The summed E-state index contributed by atoms with van der Waals surface area (Å²) in [6.07, 6.45) is 0.488. The lowest BCUT2D eigenvalue weighted by Gasteiger charge is -2.10. The largest absolute Gasteiger partial charge is 0.352 e. The second-order valence-electron chi connectivity index (χ2n) is 6.32. The highest BCUT2D eigenvalue weighted by Gasteiger charge is 2.28. The standard InChI is InChI=1S/C18H19FN2O4S2/c19-14-4-2-1-3-13(14)15-5-6-16(26-15)18(23)20-9-7-17(22)21-12-8-10-27(24,25)11-12/h1-6,12H,7-11H2,(H,20,23)(H,21,22)/t12-/m0/s1. The number of nitrogens with one attached hydrogen (secondary N) is 2. The molecule has 1 saturated heterocycles. The van der Waals surface area contributed by atoms with E-state index in [1.54, 1.807) is 30.3 Å². The molecule has 1 atom stereocenters. The first-order valence-corrected chi connectivity index (χ1v) is 11.1. The first kappa shape index (κ1) is 19.5. The second-order valence-corrected chi connectivity index (χ2v) is 9.63. The highest BCUT2D eigenvalue weighted by molar-refractivity contribution is 7.91. The van der Waals surface area contributed by atoms with E-state index in [-0.39, 0.29) is 48.1 Å². The number of thiophene rings is 1. The summed E-state index contributed by atoms with van der Waals surface area (Å²) in [6, 6.07) is 9.30. The van der Waals surface area contributed by atoms with Crippen LogP contribution in [0.15, 0.2) is 36.4 Å². The molecular weight excluding hydrogens is 391 g/mol. The van der Waals surface area contributed by atoms with Crippen LogP contribution in [-0.2, 0) is 14.6 Å². The summed E-state index contributed by atoms with van der Waals surface area (Å²) in [7, 11) is -3.04. The number of amides is 2. The van der Waals surface area contributed by atoms with Gasteiger partial charge in [0.25, 0.3) is 5.91 Å². The van der Waals surface area contributed by atoms with Crippen LogP contribution in [0, 0.1) is 5.82 Å². The lowest BCUT2D eigenvalue weighted by Crippen LogP contribution is -2.37. The minimum Gasteiger partial charge on any atom is -0.352 e. The van der Waals surface area contributed by atoms with Gasteiger partial charge in [0.05, 0.1) is 16.4 Å². The van der Waals surface area contributed by atoms with Crippen LogP contribution in [0.25, 0.3) is 10.4 Å². The van der Waals surface area contributed by atoms with Gasteiger partial charge >= 0.3 is 0 Å². The van der Waals surface area contributed by atoms with Crippen LogP contribution >= 0.6 is 11.3 Å². The Bertz CT molecular complexity index is 956. The van der Waals surface area contributed by atoms with Gasteiger partial charge in [-0.2, -0.15) is 0 Å². The SMILES string of the molecule is O=C(CCNC(=O)c1ccc(-c2ccccc2F)s1)N[C@H]1CCS(=O)(=O)C1. The summed E-state index contributed by atoms with van der Waals surface area (Å²) in [5.41, 5.74) is 0.437. The first-order valence-electron chi connectivity index (χ1n) is 8.47. The number of benzene rings is 1. The van der Waals surface area contributed by atoms with Gasteiger partial charge in [-0.05, 0) is 24.6 Å². The van der Waals surface area contributed by atoms with E-state index in [9.17, 15) is 22.4 Å². The molecule has 9 heteroatoms. The molecule has 1 aliphatic heterocycles. The number of carbonyl (C=O) groups excluding carboxylic acids is 2. The van der Waals surface area contributed by atoms with Crippen molar-refractivity contribution in [3.05, 3.63) is 47.1 Å². The average Bonchev–Trinajstić information content (AvgIpc) is 3.22. The fourth-order valence-electron chi connectivity index (χ4n) is 2.85. The fourth-order valence-corrected chi connectivity index (χ4v) is 5.47. The van der Waals surface area contributed by atoms with Crippen LogP contribution in [0.3, 0.4) is 0 Å². The van der Waals surface area contributed by atoms with Crippen molar-refractivity contribution in [2.75, 3.05) is 18.1 Å². The van der Waals surface area contributed by atoms with Gasteiger partial charge in [-0.1, -0.05) is 18.2 Å². The van der Waals surface area contributed by atoms with Crippen molar-refractivity contribution in [2.24, 2.45) is 0 Å². The number of carbonyl (C=O) groups is 2. The summed E-state index contributed by atoms with van der Waals surface area (Å²) in [6.45, 7) is 0.136. The van der Waals surface area contributed by atoms with Gasteiger partial charge in [0.2, 0.25) is 5.91 Å². The van der Waals surface area contributed by atoms with E-state index < -0.39 is 9.84 Å². The van der Waals surface area contributed by atoms with E-state index in [0.29, 0.717) is 21.7 Å². The van der Waals surface area contributed by atoms with E-state index in [1.807, 2.05) is 0 Å². The van der Waals surface area contributed by atoms with Crippen molar-refractivity contribution < 1.29 is 22.4 Å². The Morgan fingerprint density at radius 1 is 1.19 bits per heavy atom. The zero-order valence-corrected chi connectivity index (χ0v) is 16.0. The zero-order chi connectivity index (χ0) is 19.4. The third-order valence-electron chi connectivity index (χ3n) is 4.20. The van der Waals surface area contributed by atoms with E-state index in [4.69, 9.17) is 0 Å². The molecule has 1 aromatic heterocycles. The van der Waals surface area contributed by atoms with Crippen molar-refractivity contribution in [1.82, 2.24) is 10.6 Å². The molecule has 1 aromatic carbocycles. The number of hydrogen-bond acceptors (Lipinski definition) is 5. The molecule has 2 N–H and O–H groups in total. The Labute approximate surface area is 160 Å². The molecule has 0 radical (unpaired) electrons. The van der Waals surface area contributed by atoms with E-state index in [0.717, 1.165) is 0 Å². The predicted molar refractivity (Wildman–Crippen MR) is 102 cm³/mol. The van der Waals surface area contributed by atoms with Crippen LogP contribution in [0.1, 0.15) is 22.5 Å². The summed E-state index contributed by atoms with van der Waals surface area (Å²) in [4.78, 5) is 25.1. The third kappa shape index (κ3) is 5.14. The zero-order valence-electron chi connectivity index (χ0n) is 14.4. The molecule has 0 unspecified atom stereocenters.